The summed E-state index contributed by atoms with van der Waals surface area (Å²) in [5.74, 6) is -0.137. The lowest BCUT2D eigenvalue weighted by Gasteiger charge is -2.13. The standard InChI is InChI=1S/C18H16ClN3OS/c1-11-10-16(21-14-7-4-3-6-13(11)14)24-12(2)18(23)22-15-8-5-9-20-17(15)19/h3-10,12H,1-2H3,(H,22,23). The average molecular weight is 358 g/mol. The number of para-hydroxylation sites is 1. The first-order chi connectivity index (χ1) is 11.5. The quantitative estimate of drug-likeness (QED) is 0.542. The van der Waals surface area contributed by atoms with Crippen molar-refractivity contribution in [3.05, 3.63) is 59.4 Å². The normalized spacial score (nSPS) is 12.1. The van der Waals surface area contributed by atoms with Gasteiger partial charge in [-0.3, -0.25) is 4.79 Å². The number of benzene rings is 1. The van der Waals surface area contributed by atoms with E-state index in [-0.39, 0.29) is 16.3 Å². The molecule has 6 heteroatoms. The summed E-state index contributed by atoms with van der Waals surface area (Å²) in [6, 6.07) is 13.4. The van der Waals surface area contributed by atoms with E-state index in [0.717, 1.165) is 21.5 Å². The van der Waals surface area contributed by atoms with Gasteiger partial charge in [0.05, 0.1) is 21.5 Å². The van der Waals surface area contributed by atoms with Crippen molar-refractivity contribution in [3.63, 3.8) is 0 Å². The number of halogens is 1. The maximum atomic E-state index is 12.4. The topological polar surface area (TPSA) is 54.9 Å². The van der Waals surface area contributed by atoms with Crippen molar-refractivity contribution < 1.29 is 4.79 Å². The van der Waals surface area contributed by atoms with Gasteiger partial charge in [0.15, 0.2) is 5.15 Å². The zero-order valence-corrected chi connectivity index (χ0v) is 14.9. The van der Waals surface area contributed by atoms with Gasteiger partial charge in [0.1, 0.15) is 0 Å². The second-order valence-corrected chi connectivity index (χ2v) is 7.10. The fourth-order valence-electron chi connectivity index (χ4n) is 2.33. The van der Waals surface area contributed by atoms with Gasteiger partial charge in [0.2, 0.25) is 5.91 Å². The summed E-state index contributed by atoms with van der Waals surface area (Å²) < 4.78 is 0. The predicted molar refractivity (Wildman–Crippen MR) is 99.7 cm³/mol. The molecule has 1 aromatic carbocycles. The number of carbonyl (C=O) groups is 1. The first kappa shape index (κ1) is 16.7. The second-order valence-electron chi connectivity index (χ2n) is 5.39. The summed E-state index contributed by atoms with van der Waals surface area (Å²) in [4.78, 5) is 21.0. The van der Waals surface area contributed by atoms with Gasteiger partial charge in [0.25, 0.3) is 0 Å². The Labute approximate surface area is 149 Å². The van der Waals surface area contributed by atoms with E-state index >= 15 is 0 Å². The Hall–Kier alpha value is -2.11. The Morgan fingerprint density at radius 3 is 2.83 bits per heavy atom. The van der Waals surface area contributed by atoms with Crippen LogP contribution in [0.15, 0.2) is 53.7 Å². The van der Waals surface area contributed by atoms with Crippen LogP contribution in [-0.2, 0) is 4.79 Å². The number of thioether (sulfide) groups is 1. The smallest absolute Gasteiger partial charge is 0.237 e. The molecule has 0 aliphatic carbocycles. The maximum absolute atomic E-state index is 12.4. The van der Waals surface area contributed by atoms with Gasteiger partial charge in [-0.05, 0) is 43.7 Å². The third kappa shape index (κ3) is 3.68. The Morgan fingerprint density at radius 1 is 1.25 bits per heavy atom. The van der Waals surface area contributed by atoms with Crippen LogP contribution in [0.3, 0.4) is 0 Å². The van der Waals surface area contributed by atoms with E-state index in [2.05, 4.69) is 15.3 Å². The molecule has 0 spiro atoms. The number of anilines is 1. The van der Waals surface area contributed by atoms with Crippen LogP contribution < -0.4 is 5.32 Å². The van der Waals surface area contributed by atoms with E-state index in [1.807, 2.05) is 44.2 Å². The molecule has 0 bridgehead atoms. The molecular weight excluding hydrogens is 342 g/mol. The highest BCUT2D eigenvalue weighted by Crippen LogP contribution is 2.27. The monoisotopic (exact) mass is 357 g/mol. The lowest BCUT2D eigenvalue weighted by Crippen LogP contribution is -2.22. The van der Waals surface area contributed by atoms with Crippen LogP contribution in [0.25, 0.3) is 10.9 Å². The highest BCUT2D eigenvalue weighted by Gasteiger charge is 2.17. The van der Waals surface area contributed by atoms with Gasteiger partial charge in [-0.25, -0.2) is 9.97 Å². The van der Waals surface area contributed by atoms with Crippen LogP contribution >= 0.6 is 23.4 Å². The fraction of sp³-hybridized carbons (Fsp3) is 0.167. The van der Waals surface area contributed by atoms with Gasteiger partial charge in [0, 0.05) is 11.6 Å². The molecule has 2 heterocycles. The van der Waals surface area contributed by atoms with E-state index in [1.54, 1.807) is 18.3 Å². The number of aromatic nitrogens is 2. The lowest BCUT2D eigenvalue weighted by atomic mass is 10.1. The molecule has 3 aromatic rings. The SMILES string of the molecule is Cc1cc(SC(C)C(=O)Nc2cccnc2Cl)nc2ccccc12. The van der Waals surface area contributed by atoms with Crippen molar-refractivity contribution in [2.75, 3.05) is 5.32 Å². The summed E-state index contributed by atoms with van der Waals surface area (Å²) in [5, 5.41) is 4.72. The molecule has 1 atom stereocenters. The molecule has 2 aromatic heterocycles. The number of amides is 1. The van der Waals surface area contributed by atoms with Crippen LogP contribution in [0, 0.1) is 6.92 Å². The van der Waals surface area contributed by atoms with Crippen molar-refractivity contribution in [3.8, 4) is 0 Å². The van der Waals surface area contributed by atoms with Crippen molar-refractivity contribution in [1.82, 2.24) is 9.97 Å². The van der Waals surface area contributed by atoms with E-state index in [0.29, 0.717) is 5.69 Å². The minimum Gasteiger partial charge on any atom is -0.322 e. The molecule has 4 nitrogen and oxygen atoms in total. The van der Waals surface area contributed by atoms with Gasteiger partial charge < -0.3 is 5.32 Å². The van der Waals surface area contributed by atoms with Crippen LogP contribution in [0.4, 0.5) is 5.69 Å². The van der Waals surface area contributed by atoms with Crippen molar-refractivity contribution >= 4 is 45.9 Å². The highest BCUT2D eigenvalue weighted by molar-refractivity contribution is 8.00. The summed E-state index contributed by atoms with van der Waals surface area (Å²) in [6.45, 7) is 3.89. The molecule has 3 rings (SSSR count). The number of nitrogens with zero attached hydrogens (tertiary/aromatic N) is 2. The number of fused-ring (bicyclic) bond motifs is 1. The van der Waals surface area contributed by atoms with Gasteiger partial charge in [-0.1, -0.05) is 41.6 Å². The first-order valence-corrected chi connectivity index (χ1v) is 8.75. The zero-order valence-electron chi connectivity index (χ0n) is 13.3. The predicted octanol–water partition coefficient (Wildman–Crippen LogP) is 4.71. The van der Waals surface area contributed by atoms with Gasteiger partial charge in [-0.2, -0.15) is 0 Å². The summed E-state index contributed by atoms with van der Waals surface area (Å²) >= 11 is 7.39. The zero-order chi connectivity index (χ0) is 17.1. The van der Waals surface area contributed by atoms with Crippen molar-refractivity contribution in [2.45, 2.75) is 24.1 Å². The molecule has 0 fully saturated rings. The number of aryl methyl sites for hydroxylation is 1. The fourth-order valence-corrected chi connectivity index (χ4v) is 3.42. The van der Waals surface area contributed by atoms with E-state index in [4.69, 9.17) is 11.6 Å². The lowest BCUT2D eigenvalue weighted by molar-refractivity contribution is -0.115. The minimum absolute atomic E-state index is 0.137. The molecular formula is C18H16ClN3OS. The Morgan fingerprint density at radius 2 is 2.04 bits per heavy atom. The number of hydrogen-bond donors (Lipinski definition) is 1. The highest BCUT2D eigenvalue weighted by atomic mass is 35.5. The number of nitrogens with one attached hydrogen (secondary N) is 1. The van der Waals surface area contributed by atoms with Crippen molar-refractivity contribution in [1.29, 1.82) is 0 Å². The molecule has 1 unspecified atom stereocenters. The third-order valence-corrected chi connectivity index (χ3v) is 4.90. The maximum Gasteiger partial charge on any atom is 0.237 e. The minimum atomic E-state index is -0.311. The molecule has 122 valence electrons. The van der Waals surface area contributed by atoms with Crippen LogP contribution in [0.1, 0.15) is 12.5 Å². The summed E-state index contributed by atoms with van der Waals surface area (Å²) in [6.07, 6.45) is 1.58. The second kappa shape index (κ2) is 7.20. The molecule has 0 saturated heterocycles. The van der Waals surface area contributed by atoms with Crippen LogP contribution in [0.2, 0.25) is 5.15 Å². The van der Waals surface area contributed by atoms with Crippen LogP contribution in [-0.4, -0.2) is 21.1 Å². The summed E-state index contributed by atoms with van der Waals surface area (Å²) in [7, 11) is 0. The molecule has 1 N–H and O–H groups in total. The molecule has 0 saturated carbocycles. The van der Waals surface area contributed by atoms with E-state index in [9.17, 15) is 4.79 Å². The number of carbonyl (C=O) groups excluding carboxylic acids is 1. The number of hydrogen-bond acceptors (Lipinski definition) is 4. The largest absolute Gasteiger partial charge is 0.322 e. The third-order valence-electron chi connectivity index (χ3n) is 3.58. The Kier molecular flexibility index (Phi) is 5.02. The first-order valence-electron chi connectivity index (χ1n) is 7.49. The average Bonchev–Trinajstić information content (AvgIpc) is 2.57. The van der Waals surface area contributed by atoms with Crippen LogP contribution in [0.5, 0.6) is 0 Å². The number of pyridine rings is 2. The molecule has 0 radical (unpaired) electrons. The van der Waals surface area contributed by atoms with Crippen molar-refractivity contribution in [2.24, 2.45) is 0 Å². The van der Waals surface area contributed by atoms with Gasteiger partial charge in [-0.15, -0.1) is 0 Å². The van der Waals surface area contributed by atoms with E-state index < -0.39 is 0 Å². The summed E-state index contributed by atoms with van der Waals surface area (Å²) in [5.41, 5.74) is 2.59. The molecule has 0 aliphatic rings. The molecule has 24 heavy (non-hydrogen) atoms. The Bertz CT molecular complexity index is 900. The Balaban J connectivity index is 1.76. The van der Waals surface area contributed by atoms with E-state index in [1.165, 1.54) is 11.8 Å². The molecule has 0 aliphatic heterocycles. The number of rotatable bonds is 4. The van der Waals surface area contributed by atoms with Gasteiger partial charge >= 0.3 is 0 Å². The molecule has 1 amide bonds.